The lowest BCUT2D eigenvalue weighted by Gasteiger charge is -2.31. The van der Waals surface area contributed by atoms with Crippen LogP contribution in [0, 0.1) is 5.92 Å². The maximum Gasteiger partial charge on any atom is 0.0125 e. The van der Waals surface area contributed by atoms with Crippen molar-refractivity contribution in [2.45, 2.75) is 162 Å². The molecule has 0 radical (unpaired) electrons. The fourth-order valence-corrected chi connectivity index (χ4v) is 4.29. The lowest BCUT2D eigenvalue weighted by Crippen LogP contribution is -2.40. The smallest absolute Gasteiger partial charge is 0.0125 e. The van der Waals surface area contributed by atoms with Gasteiger partial charge in [0.1, 0.15) is 0 Å². The quantitative estimate of drug-likeness (QED) is 0.169. The highest BCUT2D eigenvalue weighted by molar-refractivity contribution is 8.93. The summed E-state index contributed by atoms with van der Waals surface area (Å²) in [5.41, 5.74) is 6.48. The molecule has 172 valence electrons. The topological polar surface area (TPSA) is 26.0 Å². The third kappa shape index (κ3) is 21.2. The number of hydrogen-bond donors (Lipinski definition) is 1. The Hall–Kier alpha value is 0.440. The van der Waals surface area contributed by atoms with Gasteiger partial charge in [0, 0.05) is 5.54 Å². The lowest BCUT2D eigenvalue weighted by molar-refractivity contribution is 0.267. The molecule has 0 heterocycles. The molecule has 0 aromatic carbocycles. The molecule has 0 aliphatic heterocycles. The molecule has 1 unspecified atom stereocenters. The second-order valence-corrected chi connectivity index (χ2v) is 9.75. The fraction of sp³-hybridized carbons (Fsp3) is 1.00. The van der Waals surface area contributed by atoms with Crippen molar-refractivity contribution < 1.29 is 0 Å². The van der Waals surface area contributed by atoms with Crippen LogP contribution in [0.25, 0.3) is 0 Å². The highest BCUT2D eigenvalue weighted by Gasteiger charge is 2.23. The van der Waals surface area contributed by atoms with Crippen LogP contribution in [0.2, 0.25) is 0 Å². The zero-order chi connectivity index (χ0) is 20.2. The minimum absolute atomic E-state index is 0. The van der Waals surface area contributed by atoms with Gasteiger partial charge in [-0.2, -0.15) is 0 Å². The summed E-state index contributed by atoms with van der Waals surface area (Å²) in [6.07, 6.45) is 28.3. The first-order valence-corrected chi connectivity index (χ1v) is 12.8. The average molecular weight is 463 g/mol. The van der Waals surface area contributed by atoms with E-state index in [0.717, 1.165) is 0 Å². The maximum absolute atomic E-state index is 6.48. The second-order valence-electron chi connectivity index (χ2n) is 9.75. The summed E-state index contributed by atoms with van der Waals surface area (Å²) in [7, 11) is 0. The summed E-state index contributed by atoms with van der Waals surface area (Å²) in [4.78, 5) is 0. The Morgan fingerprint density at radius 2 is 0.750 bits per heavy atom. The zero-order valence-electron chi connectivity index (χ0n) is 20.2. The first kappa shape index (κ1) is 30.6. The number of hydrogen-bond acceptors (Lipinski definition) is 1. The van der Waals surface area contributed by atoms with Crippen molar-refractivity contribution in [2.75, 3.05) is 0 Å². The molecule has 2 heteroatoms. The largest absolute Gasteiger partial charge is 0.325 e. The van der Waals surface area contributed by atoms with E-state index in [1.165, 1.54) is 128 Å². The molecule has 0 spiro atoms. The van der Waals surface area contributed by atoms with Gasteiger partial charge < -0.3 is 5.73 Å². The van der Waals surface area contributed by atoms with E-state index in [2.05, 4.69) is 27.7 Å². The Kier molecular flexibility index (Phi) is 24.2. The van der Waals surface area contributed by atoms with Gasteiger partial charge in [0.2, 0.25) is 0 Å². The molecule has 0 aliphatic carbocycles. The molecule has 0 amide bonds. The standard InChI is InChI=1S/C26H55N.BrH/c1-5-7-9-11-13-14-15-16-17-18-20-22-24-25(26(3,4)27)23-21-19-12-10-8-6-2;/h25H,5-24,27H2,1-4H3;1H. The van der Waals surface area contributed by atoms with Crippen molar-refractivity contribution >= 4 is 17.0 Å². The molecule has 2 N–H and O–H groups in total. The van der Waals surface area contributed by atoms with Gasteiger partial charge in [-0.15, -0.1) is 17.0 Å². The highest BCUT2D eigenvalue weighted by atomic mass is 79.9. The minimum atomic E-state index is 0. The summed E-state index contributed by atoms with van der Waals surface area (Å²) in [5, 5.41) is 0. The van der Waals surface area contributed by atoms with Gasteiger partial charge in [-0.05, 0) is 32.6 Å². The van der Waals surface area contributed by atoms with Crippen LogP contribution in [0.5, 0.6) is 0 Å². The van der Waals surface area contributed by atoms with Gasteiger partial charge in [0.15, 0.2) is 0 Å². The Balaban J connectivity index is 0. The number of rotatable bonds is 21. The van der Waals surface area contributed by atoms with Crippen LogP contribution in [-0.4, -0.2) is 5.54 Å². The average Bonchev–Trinajstić information content (AvgIpc) is 2.62. The minimum Gasteiger partial charge on any atom is -0.325 e. The molecule has 1 atom stereocenters. The molecule has 1 nitrogen and oxygen atoms in total. The van der Waals surface area contributed by atoms with Crippen LogP contribution in [0.15, 0.2) is 0 Å². The Bertz CT molecular complexity index is 285. The lowest BCUT2D eigenvalue weighted by atomic mass is 9.80. The van der Waals surface area contributed by atoms with Gasteiger partial charge in [-0.25, -0.2) is 0 Å². The number of nitrogens with two attached hydrogens (primary N) is 1. The summed E-state index contributed by atoms with van der Waals surface area (Å²) in [6.45, 7) is 9.08. The SMILES string of the molecule is Br.CCCCCCCCCCCCCCC(CCCCCCCC)C(C)(C)N. The van der Waals surface area contributed by atoms with Gasteiger partial charge in [-0.1, -0.05) is 129 Å². The molecule has 0 rings (SSSR count). The Morgan fingerprint density at radius 3 is 1.00 bits per heavy atom. The normalized spacial score (nSPS) is 12.8. The van der Waals surface area contributed by atoms with Gasteiger partial charge in [-0.3, -0.25) is 0 Å². The summed E-state index contributed by atoms with van der Waals surface area (Å²) >= 11 is 0. The van der Waals surface area contributed by atoms with Crippen molar-refractivity contribution in [3.05, 3.63) is 0 Å². The molecular formula is C26H56BrN. The molecule has 0 saturated carbocycles. The predicted molar refractivity (Wildman–Crippen MR) is 136 cm³/mol. The number of unbranched alkanes of at least 4 members (excludes halogenated alkanes) is 16. The molecule has 0 aromatic heterocycles. The highest BCUT2D eigenvalue weighted by Crippen LogP contribution is 2.27. The van der Waals surface area contributed by atoms with Crippen LogP contribution < -0.4 is 5.73 Å². The summed E-state index contributed by atoms with van der Waals surface area (Å²) in [5.74, 6) is 0.715. The first-order chi connectivity index (χ1) is 13.0. The van der Waals surface area contributed by atoms with E-state index >= 15 is 0 Å². The van der Waals surface area contributed by atoms with Crippen molar-refractivity contribution in [3.63, 3.8) is 0 Å². The van der Waals surface area contributed by atoms with E-state index in [4.69, 9.17) is 5.73 Å². The predicted octanol–water partition coefficient (Wildman–Crippen LogP) is 9.76. The van der Waals surface area contributed by atoms with Gasteiger partial charge in [0.05, 0.1) is 0 Å². The van der Waals surface area contributed by atoms with Crippen molar-refractivity contribution in [3.8, 4) is 0 Å². The van der Waals surface area contributed by atoms with Crippen LogP contribution in [0.4, 0.5) is 0 Å². The molecule has 0 saturated heterocycles. The molecular weight excluding hydrogens is 406 g/mol. The molecule has 28 heavy (non-hydrogen) atoms. The van der Waals surface area contributed by atoms with Crippen molar-refractivity contribution in [2.24, 2.45) is 11.7 Å². The molecule has 0 bridgehead atoms. The summed E-state index contributed by atoms with van der Waals surface area (Å²) < 4.78 is 0. The van der Waals surface area contributed by atoms with Crippen LogP contribution in [0.1, 0.15) is 156 Å². The zero-order valence-corrected chi connectivity index (χ0v) is 21.9. The monoisotopic (exact) mass is 461 g/mol. The third-order valence-corrected chi connectivity index (χ3v) is 6.36. The van der Waals surface area contributed by atoms with Crippen LogP contribution in [-0.2, 0) is 0 Å². The molecule has 0 fully saturated rings. The summed E-state index contributed by atoms with van der Waals surface area (Å²) in [6, 6.07) is 0. The fourth-order valence-electron chi connectivity index (χ4n) is 4.29. The third-order valence-electron chi connectivity index (χ3n) is 6.36. The molecule has 0 aromatic rings. The Labute approximate surface area is 190 Å². The Morgan fingerprint density at radius 1 is 0.500 bits per heavy atom. The van der Waals surface area contributed by atoms with Gasteiger partial charge in [0.25, 0.3) is 0 Å². The first-order valence-electron chi connectivity index (χ1n) is 12.8. The molecule has 0 aliphatic rings. The van der Waals surface area contributed by atoms with Gasteiger partial charge >= 0.3 is 0 Å². The van der Waals surface area contributed by atoms with E-state index in [0.29, 0.717) is 5.92 Å². The van der Waals surface area contributed by atoms with Crippen LogP contribution in [0.3, 0.4) is 0 Å². The van der Waals surface area contributed by atoms with E-state index in [1.54, 1.807) is 0 Å². The van der Waals surface area contributed by atoms with E-state index < -0.39 is 0 Å². The van der Waals surface area contributed by atoms with E-state index in [-0.39, 0.29) is 22.5 Å². The van der Waals surface area contributed by atoms with Crippen molar-refractivity contribution in [1.82, 2.24) is 0 Å². The number of halogens is 1. The van der Waals surface area contributed by atoms with E-state index in [1.807, 2.05) is 0 Å². The van der Waals surface area contributed by atoms with E-state index in [9.17, 15) is 0 Å². The second kappa shape index (κ2) is 22.1. The maximum atomic E-state index is 6.48. The van der Waals surface area contributed by atoms with Crippen molar-refractivity contribution in [1.29, 1.82) is 0 Å². The van der Waals surface area contributed by atoms with Crippen LogP contribution >= 0.6 is 17.0 Å².